The number of carbonyl (C=O) groups excluding carboxylic acids is 1. The van der Waals surface area contributed by atoms with E-state index in [1.807, 2.05) is 53.2 Å². The highest BCUT2D eigenvalue weighted by Crippen LogP contribution is 2.17. The fourth-order valence-electron chi connectivity index (χ4n) is 2.89. The lowest BCUT2D eigenvalue weighted by Crippen LogP contribution is -2.38. The standard InChI is InChI=1S/C20H19NO3S/c22-19(11-15-7-8-25-13-15)21-18(12-20(23)24)10-14-5-6-16-3-1-2-4-17(16)9-14/h1-9,13,18H,10-12H2,(H,21,22)(H,23,24)/t18-/m1/s1. The van der Waals surface area contributed by atoms with E-state index in [2.05, 4.69) is 11.4 Å². The summed E-state index contributed by atoms with van der Waals surface area (Å²) >= 11 is 1.54. The molecule has 0 radical (unpaired) electrons. The van der Waals surface area contributed by atoms with Crippen molar-refractivity contribution in [1.29, 1.82) is 0 Å². The molecule has 3 aromatic rings. The molecule has 0 aliphatic rings. The molecule has 0 unspecified atom stereocenters. The van der Waals surface area contributed by atoms with Crippen molar-refractivity contribution >= 4 is 34.0 Å². The molecule has 128 valence electrons. The molecular weight excluding hydrogens is 334 g/mol. The Morgan fingerprint density at radius 1 is 1.04 bits per heavy atom. The van der Waals surface area contributed by atoms with Crippen LogP contribution in [0.5, 0.6) is 0 Å². The van der Waals surface area contributed by atoms with Crippen LogP contribution in [-0.4, -0.2) is 23.0 Å². The minimum absolute atomic E-state index is 0.0950. The monoisotopic (exact) mass is 353 g/mol. The van der Waals surface area contributed by atoms with Gasteiger partial charge in [0, 0.05) is 6.04 Å². The number of carboxylic acids is 1. The van der Waals surface area contributed by atoms with Crippen LogP contribution in [0.15, 0.2) is 59.3 Å². The van der Waals surface area contributed by atoms with Gasteiger partial charge >= 0.3 is 5.97 Å². The van der Waals surface area contributed by atoms with Gasteiger partial charge < -0.3 is 10.4 Å². The fraction of sp³-hybridized carbons (Fsp3) is 0.200. The van der Waals surface area contributed by atoms with Gasteiger partial charge in [0.2, 0.25) is 5.91 Å². The van der Waals surface area contributed by atoms with E-state index in [0.29, 0.717) is 6.42 Å². The van der Waals surface area contributed by atoms with Gasteiger partial charge in [-0.25, -0.2) is 0 Å². The summed E-state index contributed by atoms with van der Waals surface area (Å²) in [6.07, 6.45) is 0.673. The first kappa shape index (κ1) is 17.2. The normalized spacial score (nSPS) is 12.0. The second-order valence-electron chi connectivity index (χ2n) is 6.06. The molecule has 1 heterocycles. The van der Waals surface area contributed by atoms with E-state index in [9.17, 15) is 9.59 Å². The number of hydrogen-bond donors (Lipinski definition) is 2. The third kappa shape index (κ3) is 4.90. The minimum Gasteiger partial charge on any atom is -0.481 e. The maximum Gasteiger partial charge on any atom is 0.305 e. The van der Waals surface area contributed by atoms with E-state index in [0.717, 1.165) is 21.9 Å². The van der Waals surface area contributed by atoms with Crippen LogP contribution in [0.3, 0.4) is 0 Å². The van der Waals surface area contributed by atoms with Crippen LogP contribution >= 0.6 is 11.3 Å². The lowest BCUT2D eigenvalue weighted by molar-refractivity contribution is -0.137. The van der Waals surface area contributed by atoms with Crippen molar-refractivity contribution in [3.8, 4) is 0 Å². The first-order valence-electron chi connectivity index (χ1n) is 8.10. The Hall–Kier alpha value is -2.66. The highest BCUT2D eigenvalue weighted by Gasteiger charge is 2.17. The number of amides is 1. The van der Waals surface area contributed by atoms with E-state index in [1.54, 1.807) is 11.3 Å². The Kier molecular flexibility index (Phi) is 5.46. The molecule has 0 saturated heterocycles. The van der Waals surface area contributed by atoms with E-state index in [1.165, 1.54) is 0 Å². The number of carboxylic acid groups (broad SMARTS) is 1. The van der Waals surface area contributed by atoms with Gasteiger partial charge in [0.15, 0.2) is 0 Å². The number of carbonyl (C=O) groups is 2. The van der Waals surface area contributed by atoms with Crippen LogP contribution in [0.2, 0.25) is 0 Å². The van der Waals surface area contributed by atoms with E-state index in [4.69, 9.17) is 5.11 Å². The molecule has 3 rings (SSSR count). The zero-order valence-corrected chi connectivity index (χ0v) is 14.5. The summed E-state index contributed by atoms with van der Waals surface area (Å²) in [4.78, 5) is 23.4. The number of nitrogens with one attached hydrogen (secondary N) is 1. The third-order valence-electron chi connectivity index (χ3n) is 4.03. The quantitative estimate of drug-likeness (QED) is 0.681. The van der Waals surface area contributed by atoms with Crippen molar-refractivity contribution in [2.45, 2.75) is 25.3 Å². The largest absolute Gasteiger partial charge is 0.481 e. The van der Waals surface area contributed by atoms with Crippen molar-refractivity contribution in [1.82, 2.24) is 5.32 Å². The Labute approximate surface area is 150 Å². The lowest BCUT2D eigenvalue weighted by Gasteiger charge is -2.17. The van der Waals surface area contributed by atoms with Gasteiger partial charge in [0.1, 0.15) is 0 Å². The highest BCUT2D eigenvalue weighted by molar-refractivity contribution is 7.08. The molecule has 1 amide bonds. The van der Waals surface area contributed by atoms with Gasteiger partial charge in [-0.2, -0.15) is 11.3 Å². The van der Waals surface area contributed by atoms with Gasteiger partial charge in [-0.1, -0.05) is 42.5 Å². The average Bonchev–Trinajstić information content (AvgIpc) is 3.06. The van der Waals surface area contributed by atoms with E-state index < -0.39 is 12.0 Å². The molecule has 0 aliphatic carbocycles. The zero-order valence-electron chi connectivity index (χ0n) is 13.6. The van der Waals surface area contributed by atoms with Crippen molar-refractivity contribution in [3.05, 3.63) is 70.4 Å². The molecule has 0 fully saturated rings. The van der Waals surface area contributed by atoms with Crippen molar-refractivity contribution in [2.75, 3.05) is 0 Å². The number of aliphatic carboxylic acids is 1. The average molecular weight is 353 g/mol. The topological polar surface area (TPSA) is 66.4 Å². The molecule has 2 N–H and O–H groups in total. The zero-order chi connectivity index (χ0) is 17.6. The minimum atomic E-state index is -0.915. The molecule has 0 bridgehead atoms. The van der Waals surface area contributed by atoms with Gasteiger partial charge in [0.25, 0.3) is 0 Å². The molecule has 1 aromatic heterocycles. The molecule has 2 aromatic carbocycles. The van der Waals surface area contributed by atoms with Crippen LogP contribution in [0, 0.1) is 0 Å². The number of rotatable bonds is 7. The lowest BCUT2D eigenvalue weighted by atomic mass is 9.99. The van der Waals surface area contributed by atoms with E-state index in [-0.39, 0.29) is 18.7 Å². The predicted octanol–water partition coefficient (Wildman–Crippen LogP) is 3.65. The molecule has 0 aliphatic heterocycles. The summed E-state index contributed by atoms with van der Waals surface area (Å²) in [5.74, 6) is -1.06. The summed E-state index contributed by atoms with van der Waals surface area (Å²) in [5, 5.41) is 18.1. The third-order valence-corrected chi connectivity index (χ3v) is 4.76. The van der Waals surface area contributed by atoms with Crippen LogP contribution in [0.4, 0.5) is 0 Å². The molecule has 4 nitrogen and oxygen atoms in total. The maximum absolute atomic E-state index is 12.2. The van der Waals surface area contributed by atoms with Crippen LogP contribution in [-0.2, 0) is 22.4 Å². The SMILES string of the molecule is O=C(O)C[C@@H](Cc1ccc2ccccc2c1)NC(=O)Cc1ccsc1. The second kappa shape index (κ2) is 7.94. The number of fused-ring (bicyclic) bond motifs is 1. The van der Waals surface area contributed by atoms with Gasteiger partial charge in [0.05, 0.1) is 12.8 Å². The Balaban J connectivity index is 1.70. The summed E-state index contributed by atoms with van der Waals surface area (Å²) < 4.78 is 0. The summed E-state index contributed by atoms with van der Waals surface area (Å²) in [7, 11) is 0. The molecule has 0 saturated carbocycles. The van der Waals surface area contributed by atoms with Crippen LogP contribution < -0.4 is 5.32 Å². The van der Waals surface area contributed by atoms with Crippen molar-refractivity contribution in [2.24, 2.45) is 0 Å². The molecule has 0 spiro atoms. The van der Waals surface area contributed by atoms with Crippen LogP contribution in [0.1, 0.15) is 17.5 Å². The van der Waals surface area contributed by atoms with Crippen LogP contribution in [0.25, 0.3) is 10.8 Å². The Bertz CT molecular complexity index is 874. The number of benzene rings is 2. The number of hydrogen-bond acceptors (Lipinski definition) is 3. The molecule has 25 heavy (non-hydrogen) atoms. The van der Waals surface area contributed by atoms with Crippen molar-refractivity contribution in [3.63, 3.8) is 0 Å². The number of thiophene rings is 1. The summed E-state index contributed by atoms with van der Waals surface area (Å²) in [6, 6.07) is 15.6. The summed E-state index contributed by atoms with van der Waals surface area (Å²) in [6.45, 7) is 0. The molecule has 1 atom stereocenters. The molecule has 5 heteroatoms. The van der Waals surface area contributed by atoms with Gasteiger partial charge in [-0.05, 0) is 45.1 Å². The first-order valence-corrected chi connectivity index (χ1v) is 9.04. The van der Waals surface area contributed by atoms with E-state index >= 15 is 0 Å². The predicted molar refractivity (Wildman–Crippen MR) is 99.9 cm³/mol. The smallest absolute Gasteiger partial charge is 0.305 e. The van der Waals surface area contributed by atoms with Gasteiger partial charge in [-0.15, -0.1) is 0 Å². The van der Waals surface area contributed by atoms with Gasteiger partial charge in [-0.3, -0.25) is 9.59 Å². The Morgan fingerprint density at radius 3 is 2.56 bits per heavy atom. The Morgan fingerprint density at radius 2 is 1.84 bits per heavy atom. The highest BCUT2D eigenvalue weighted by atomic mass is 32.1. The summed E-state index contributed by atoms with van der Waals surface area (Å²) in [5.41, 5.74) is 1.96. The maximum atomic E-state index is 12.2. The first-order chi connectivity index (χ1) is 12.1. The fourth-order valence-corrected chi connectivity index (χ4v) is 3.56. The molecular formula is C20H19NO3S. The van der Waals surface area contributed by atoms with Crippen molar-refractivity contribution < 1.29 is 14.7 Å². The second-order valence-corrected chi connectivity index (χ2v) is 6.84.